The molecule has 8 heteroatoms. The molecule has 160 valence electrons. The summed E-state index contributed by atoms with van der Waals surface area (Å²) in [6, 6.07) is 1.77. The number of aryl methyl sites for hydroxylation is 1. The fourth-order valence-electron chi connectivity index (χ4n) is 5.34. The molecule has 4 rings (SSSR count). The molecule has 1 saturated heterocycles. The quantitative estimate of drug-likeness (QED) is 0.760. The summed E-state index contributed by atoms with van der Waals surface area (Å²) in [6.07, 6.45) is 3.43. The van der Waals surface area contributed by atoms with Crippen molar-refractivity contribution in [2.45, 2.75) is 82.9 Å². The van der Waals surface area contributed by atoms with Gasteiger partial charge in [-0.2, -0.15) is 0 Å². The van der Waals surface area contributed by atoms with E-state index in [0.29, 0.717) is 36.4 Å². The number of nitrogens with zero attached hydrogens (tertiary/aromatic N) is 2. The molecule has 3 aliphatic rings. The lowest BCUT2D eigenvalue weighted by Crippen LogP contribution is -2.41. The van der Waals surface area contributed by atoms with E-state index in [1.54, 1.807) is 10.7 Å². The summed E-state index contributed by atoms with van der Waals surface area (Å²) in [6.45, 7) is 9.85. The molecule has 2 saturated carbocycles. The predicted octanol–water partition coefficient (Wildman–Crippen LogP) is 2.86. The number of fused-ring (bicyclic) bond motifs is 1. The molecule has 2 aliphatic carbocycles. The van der Waals surface area contributed by atoms with Crippen molar-refractivity contribution in [3.63, 3.8) is 0 Å². The number of ether oxygens (including phenoxy) is 1. The maximum absolute atomic E-state index is 11.4. The summed E-state index contributed by atoms with van der Waals surface area (Å²) in [4.78, 5) is 11.2. The Morgan fingerprint density at radius 3 is 2.31 bits per heavy atom. The predicted molar refractivity (Wildman–Crippen MR) is 109 cm³/mol. The first-order chi connectivity index (χ1) is 13.4. The van der Waals surface area contributed by atoms with Gasteiger partial charge in [0.1, 0.15) is 12.2 Å². The molecule has 3 fully saturated rings. The van der Waals surface area contributed by atoms with Gasteiger partial charge in [0.15, 0.2) is 5.78 Å². The first kappa shape index (κ1) is 20.9. The van der Waals surface area contributed by atoms with Gasteiger partial charge < -0.3 is 19.2 Å². The first-order valence-corrected chi connectivity index (χ1v) is 10.6. The monoisotopic (exact) mass is 404 g/mol. The molecular formula is C21H33BN2O5. The third-order valence-electron chi connectivity index (χ3n) is 7.49. The second kappa shape index (κ2) is 6.82. The average molecular weight is 404 g/mol. The molecule has 4 atom stereocenters. The minimum absolute atomic E-state index is 0.00407. The van der Waals surface area contributed by atoms with Gasteiger partial charge in [-0.05, 0) is 78.0 Å². The van der Waals surface area contributed by atoms with Crippen molar-refractivity contribution in [2.75, 3.05) is 6.61 Å². The van der Waals surface area contributed by atoms with Gasteiger partial charge in [-0.25, -0.2) is 0 Å². The maximum atomic E-state index is 11.4. The van der Waals surface area contributed by atoms with Crippen molar-refractivity contribution < 1.29 is 23.9 Å². The summed E-state index contributed by atoms with van der Waals surface area (Å²) >= 11 is 0. The number of hydrogen-bond acceptors (Lipinski definition) is 6. The zero-order chi connectivity index (χ0) is 21.2. The number of aromatic nitrogens is 2. The smallest absolute Gasteiger partial charge is 0.461 e. The maximum Gasteiger partial charge on any atom is 0.461 e. The number of Topliss-reactive ketones (excluding diaryl/α,β-unsaturated/α-hetero) is 1. The second-order valence-corrected chi connectivity index (χ2v) is 10.3. The SMILES string of the molecule is CC(=O)COc1cc(C2(O)C[C@H]3CC(B4OC(C)(C)C(C)(C)O4)C[C@H]3C2)n(C)n1. The lowest BCUT2D eigenvalue weighted by molar-refractivity contribution is -0.119. The number of rotatable bonds is 5. The van der Waals surface area contributed by atoms with Crippen molar-refractivity contribution in [2.24, 2.45) is 18.9 Å². The molecule has 2 heterocycles. The van der Waals surface area contributed by atoms with E-state index in [2.05, 4.69) is 32.8 Å². The molecular weight excluding hydrogens is 371 g/mol. The zero-order valence-corrected chi connectivity index (χ0v) is 18.4. The summed E-state index contributed by atoms with van der Waals surface area (Å²) < 4.78 is 19.7. The van der Waals surface area contributed by atoms with Crippen LogP contribution >= 0.6 is 0 Å². The van der Waals surface area contributed by atoms with E-state index in [4.69, 9.17) is 14.0 Å². The second-order valence-electron chi connectivity index (χ2n) is 10.3. The third kappa shape index (κ3) is 3.64. The molecule has 7 nitrogen and oxygen atoms in total. The fraction of sp³-hybridized carbons (Fsp3) is 0.810. The molecule has 29 heavy (non-hydrogen) atoms. The minimum atomic E-state index is -0.907. The van der Waals surface area contributed by atoms with Crippen molar-refractivity contribution in [1.29, 1.82) is 0 Å². The van der Waals surface area contributed by atoms with Crippen molar-refractivity contribution >= 4 is 12.9 Å². The lowest BCUT2D eigenvalue weighted by Gasteiger charge is -2.32. The Balaban J connectivity index is 1.42. The Labute approximate surface area is 173 Å². The Bertz CT molecular complexity index is 775. The highest BCUT2D eigenvalue weighted by Crippen LogP contribution is 2.58. The van der Waals surface area contributed by atoms with Crippen molar-refractivity contribution in [3.05, 3.63) is 11.8 Å². The minimum Gasteiger partial charge on any atom is -0.469 e. The van der Waals surface area contributed by atoms with Crippen LogP contribution < -0.4 is 4.74 Å². The van der Waals surface area contributed by atoms with Crippen LogP contribution in [0.4, 0.5) is 0 Å². The molecule has 1 N–H and O–H groups in total. The molecule has 0 spiro atoms. The fourth-order valence-corrected chi connectivity index (χ4v) is 5.34. The molecule has 0 amide bonds. The van der Waals surface area contributed by atoms with Gasteiger partial charge in [-0.3, -0.25) is 9.48 Å². The molecule has 0 radical (unpaired) electrons. The van der Waals surface area contributed by atoms with E-state index in [1.165, 1.54) is 6.92 Å². The van der Waals surface area contributed by atoms with Crippen molar-refractivity contribution in [1.82, 2.24) is 9.78 Å². The van der Waals surface area contributed by atoms with Crippen LogP contribution in [0.1, 0.15) is 66.0 Å². The number of aliphatic hydroxyl groups is 1. The number of carbonyl (C=O) groups is 1. The average Bonchev–Trinajstić information content (AvgIpc) is 3.27. The van der Waals surface area contributed by atoms with Crippen LogP contribution in [-0.4, -0.2) is 45.6 Å². The van der Waals surface area contributed by atoms with Crippen LogP contribution in [0.3, 0.4) is 0 Å². The van der Waals surface area contributed by atoms with Gasteiger partial charge in [0.05, 0.1) is 16.9 Å². The number of ketones is 1. The van der Waals surface area contributed by atoms with Crippen LogP contribution in [0.15, 0.2) is 6.07 Å². The Kier molecular flexibility index (Phi) is 4.91. The Morgan fingerprint density at radius 2 is 1.79 bits per heavy atom. The number of hydrogen-bond donors (Lipinski definition) is 1. The van der Waals surface area contributed by atoms with Gasteiger partial charge in [-0.1, -0.05) is 0 Å². The highest BCUT2D eigenvalue weighted by molar-refractivity contribution is 6.47. The van der Waals surface area contributed by atoms with Gasteiger partial charge >= 0.3 is 7.12 Å². The van der Waals surface area contributed by atoms with Gasteiger partial charge in [0.25, 0.3) is 0 Å². The van der Waals surface area contributed by atoms with E-state index in [0.717, 1.165) is 18.5 Å². The van der Waals surface area contributed by atoms with Crippen LogP contribution in [0.5, 0.6) is 5.88 Å². The highest BCUT2D eigenvalue weighted by Gasteiger charge is 2.58. The lowest BCUT2D eigenvalue weighted by atomic mass is 9.69. The van der Waals surface area contributed by atoms with E-state index >= 15 is 0 Å². The molecule has 1 aromatic rings. The third-order valence-corrected chi connectivity index (χ3v) is 7.49. The first-order valence-electron chi connectivity index (χ1n) is 10.6. The normalized spacial score (nSPS) is 35.1. The topological polar surface area (TPSA) is 82.8 Å². The standard InChI is InChI=1S/C21H33BN2O5/c1-13(25)12-27-18-9-17(24(6)23-18)21(26)10-14-7-16(8-15(14)11-21)22-28-19(2,3)20(4,5)29-22/h9,14-16,26H,7-8,10-12H2,1-6H3/t14-,15+,16?,21?. The molecule has 0 aromatic carbocycles. The largest absolute Gasteiger partial charge is 0.469 e. The van der Waals surface area contributed by atoms with E-state index < -0.39 is 5.60 Å². The Morgan fingerprint density at radius 1 is 1.24 bits per heavy atom. The summed E-state index contributed by atoms with van der Waals surface area (Å²) in [7, 11) is 1.65. The van der Waals surface area contributed by atoms with Crippen LogP contribution in [-0.2, 0) is 26.8 Å². The summed E-state index contributed by atoms with van der Waals surface area (Å²) in [5.41, 5.74) is -0.754. The molecule has 1 aromatic heterocycles. The van der Waals surface area contributed by atoms with Crippen LogP contribution in [0.25, 0.3) is 0 Å². The van der Waals surface area contributed by atoms with Crippen LogP contribution in [0.2, 0.25) is 5.82 Å². The zero-order valence-electron chi connectivity index (χ0n) is 18.4. The van der Waals surface area contributed by atoms with E-state index in [9.17, 15) is 9.90 Å². The molecule has 0 bridgehead atoms. The summed E-state index contributed by atoms with van der Waals surface area (Å²) in [5.74, 6) is 1.59. The van der Waals surface area contributed by atoms with Crippen molar-refractivity contribution in [3.8, 4) is 5.88 Å². The van der Waals surface area contributed by atoms with Gasteiger partial charge in [0.2, 0.25) is 5.88 Å². The van der Waals surface area contributed by atoms with Crippen LogP contribution in [0, 0.1) is 11.8 Å². The van der Waals surface area contributed by atoms with E-state index in [1.807, 2.05) is 7.05 Å². The molecule has 1 aliphatic heterocycles. The number of carbonyl (C=O) groups excluding carboxylic acids is 1. The highest BCUT2D eigenvalue weighted by atomic mass is 16.7. The molecule has 2 unspecified atom stereocenters. The Hall–Kier alpha value is -1.38. The summed E-state index contributed by atoms with van der Waals surface area (Å²) in [5, 5.41) is 15.7. The van der Waals surface area contributed by atoms with Gasteiger partial charge in [0, 0.05) is 13.1 Å². The van der Waals surface area contributed by atoms with E-state index in [-0.39, 0.29) is 30.7 Å². The van der Waals surface area contributed by atoms with Gasteiger partial charge in [-0.15, -0.1) is 5.10 Å².